The molecular weight excluding hydrogens is 449 g/mol. The Hall–Kier alpha value is 2.80. The van der Waals surface area contributed by atoms with Crippen LogP contribution >= 0.6 is 96.7 Å². The Morgan fingerprint density at radius 2 is 1.17 bits per heavy atom. The van der Waals surface area contributed by atoms with Gasteiger partial charge >= 0.3 is 0 Å². The third-order valence-electron chi connectivity index (χ3n) is 2.80. The zero-order chi connectivity index (χ0) is 18.2. The van der Waals surface area contributed by atoms with Crippen LogP contribution in [0.2, 0.25) is 0 Å². The van der Waals surface area contributed by atoms with Crippen molar-refractivity contribution in [1.82, 2.24) is 0 Å². The zero-order valence-corrected chi connectivity index (χ0v) is 21.8. The predicted octanol–water partition coefficient (Wildman–Crippen LogP) is 6.32. The van der Waals surface area contributed by atoms with Crippen LogP contribution in [0.5, 0.6) is 0 Å². The van der Waals surface area contributed by atoms with Crippen molar-refractivity contribution in [2.24, 2.45) is 0 Å². The van der Waals surface area contributed by atoms with E-state index in [2.05, 4.69) is 82.2 Å². The molecule has 4 atom stereocenters. The van der Waals surface area contributed by atoms with Gasteiger partial charge in [-0.05, 0) is 6.42 Å². The Morgan fingerprint density at radius 3 is 1.67 bits per heavy atom. The van der Waals surface area contributed by atoms with Crippen molar-refractivity contribution in [2.75, 3.05) is 46.0 Å². The maximum absolute atomic E-state index is 4.63. The molecule has 0 N–H and O–H groups in total. The normalized spacial score (nSPS) is 16.8. The van der Waals surface area contributed by atoms with Gasteiger partial charge in [0.05, 0.1) is 0 Å². The summed E-state index contributed by atoms with van der Waals surface area (Å²) in [5, 5.41) is 1.77. The van der Waals surface area contributed by atoms with Crippen molar-refractivity contribution in [2.45, 2.75) is 47.5 Å². The predicted molar refractivity (Wildman–Crippen MR) is 141 cm³/mol. The first-order chi connectivity index (χ1) is 11.5. The molecule has 0 spiro atoms. The zero-order valence-electron chi connectivity index (χ0n) is 15.1. The van der Waals surface area contributed by atoms with Crippen LogP contribution in [-0.4, -0.2) is 66.4 Å². The standard InChI is InChI=1S/C16H34S8/c1-4-16(19)24-12-15(23-8-7-21-10-14(3)18)11-22-6-5-20-9-13(2)17/h13-19H,4-12H2,1-3H3. The molecule has 0 amide bonds. The highest BCUT2D eigenvalue weighted by atomic mass is 32.2. The molecule has 24 heavy (non-hydrogen) atoms. The molecule has 0 aliphatic rings. The first kappa shape index (κ1) is 26.8. The van der Waals surface area contributed by atoms with Crippen LogP contribution in [0.1, 0.15) is 27.2 Å². The molecule has 0 saturated heterocycles. The summed E-state index contributed by atoms with van der Waals surface area (Å²) in [6.45, 7) is 6.56. The summed E-state index contributed by atoms with van der Waals surface area (Å²) < 4.78 is 0.491. The van der Waals surface area contributed by atoms with Crippen LogP contribution < -0.4 is 0 Å². The van der Waals surface area contributed by atoms with Crippen molar-refractivity contribution in [3.8, 4) is 0 Å². The van der Waals surface area contributed by atoms with Crippen molar-refractivity contribution >= 4 is 96.7 Å². The first-order valence-corrected chi connectivity index (χ1v) is 15.6. The van der Waals surface area contributed by atoms with Gasteiger partial charge < -0.3 is 0 Å². The second kappa shape index (κ2) is 19.1. The lowest BCUT2D eigenvalue weighted by Gasteiger charge is -2.18. The fourth-order valence-electron chi connectivity index (χ4n) is 1.59. The van der Waals surface area contributed by atoms with Crippen LogP contribution in [0.3, 0.4) is 0 Å². The van der Waals surface area contributed by atoms with E-state index in [4.69, 9.17) is 0 Å². The van der Waals surface area contributed by atoms with Crippen molar-refractivity contribution < 1.29 is 0 Å². The fraction of sp³-hybridized carbons (Fsp3) is 1.00. The van der Waals surface area contributed by atoms with E-state index in [1.807, 2.05) is 35.3 Å². The highest BCUT2D eigenvalue weighted by Gasteiger charge is 2.12. The van der Waals surface area contributed by atoms with E-state index in [0.29, 0.717) is 15.1 Å². The molecule has 0 aliphatic carbocycles. The lowest BCUT2D eigenvalue weighted by molar-refractivity contribution is 1.05. The van der Waals surface area contributed by atoms with E-state index in [0.717, 1.165) is 23.2 Å². The second-order valence-corrected chi connectivity index (χ2v) is 14.4. The van der Waals surface area contributed by atoms with E-state index < -0.39 is 0 Å². The molecule has 146 valence electrons. The minimum absolute atomic E-state index is 0.491. The smallest absolute Gasteiger partial charge is 0.0470 e. The van der Waals surface area contributed by atoms with Crippen LogP contribution in [0.4, 0.5) is 0 Å². The fourth-order valence-corrected chi connectivity index (χ4v) is 8.41. The average molecular weight is 483 g/mol. The molecule has 0 aromatic rings. The molecule has 4 unspecified atom stereocenters. The second-order valence-electron chi connectivity index (χ2n) is 5.61. The van der Waals surface area contributed by atoms with E-state index in [1.165, 1.54) is 34.5 Å². The molecule has 0 fully saturated rings. The van der Waals surface area contributed by atoms with Crippen LogP contribution in [0.25, 0.3) is 0 Å². The summed E-state index contributed by atoms with van der Waals surface area (Å²) in [5.74, 6) is 9.84. The molecule has 0 aliphatic heterocycles. The lowest BCUT2D eigenvalue weighted by atomic mass is 10.5. The van der Waals surface area contributed by atoms with E-state index in [-0.39, 0.29) is 0 Å². The molecule has 0 heterocycles. The Labute approximate surface area is 188 Å². The van der Waals surface area contributed by atoms with Gasteiger partial charge in [-0.2, -0.15) is 84.9 Å². The van der Waals surface area contributed by atoms with Gasteiger partial charge in [-0.1, -0.05) is 20.8 Å². The van der Waals surface area contributed by atoms with Crippen LogP contribution in [-0.2, 0) is 0 Å². The molecule has 0 rings (SSSR count). The minimum atomic E-state index is 0.491. The van der Waals surface area contributed by atoms with E-state index >= 15 is 0 Å². The van der Waals surface area contributed by atoms with Gasteiger partial charge in [-0.15, -0.1) is 11.8 Å². The van der Waals surface area contributed by atoms with Crippen molar-refractivity contribution in [3.05, 3.63) is 0 Å². The largest absolute Gasteiger partial charge is 0.175 e. The number of thioether (sulfide) groups is 5. The first-order valence-electron chi connectivity index (χ1n) is 8.46. The molecule has 0 aromatic heterocycles. The average Bonchev–Trinajstić information content (AvgIpc) is 2.53. The molecule has 0 nitrogen and oxygen atoms in total. The summed E-state index contributed by atoms with van der Waals surface area (Å²) in [5.41, 5.74) is 0. The molecule has 0 aromatic carbocycles. The SMILES string of the molecule is CCC(S)SCC(CSCCSCC(C)S)SCCSCC(C)S. The summed E-state index contributed by atoms with van der Waals surface area (Å²) in [4.78, 5) is 0. The maximum atomic E-state index is 4.63. The molecular formula is C16H34S8. The Kier molecular flexibility index (Phi) is 21.4. The molecule has 0 saturated carbocycles. The Bertz CT molecular complexity index is 262. The number of thiol groups is 3. The van der Waals surface area contributed by atoms with Gasteiger partial charge in [0.25, 0.3) is 0 Å². The maximum Gasteiger partial charge on any atom is 0.0470 e. The van der Waals surface area contributed by atoms with Crippen molar-refractivity contribution in [3.63, 3.8) is 0 Å². The third kappa shape index (κ3) is 19.6. The van der Waals surface area contributed by atoms with Gasteiger partial charge in [0, 0.05) is 66.4 Å². The Morgan fingerprint density at radius 1 is 0.667 bits per heavy atom. The van der Waals surface area contributed by atoms with Crippen LogP contribution in [0, 0.1) is 0 Å². The van der Waals surface area contributed by atoms with Crippen LogP contribution in [0.15, 0.2) is 0 Å². The van der Waals surface area contributed by atoms with Gasteiger partial charge in [0.1, 0.15) is 0 Å². The summed E-state index contributed by atoms with van der Waals surface area (Å²) in [6, 6.07) is 0. The number of hydrogen-bond donors (Lipinski definition) is 3. The topological polar surface area (TPSA) is 0 Å². The van der Waals surface area contributed by atoms with E-state index in [1.54, 1.807) is 0 Å². The molecule has 0 bridgehead atoms. The van der Waals surface area contributed by atoms with Gasteiger partial charge in [0.2, 0.25) is 0 Å². The van der Waals surface area contributed by atoms with Crippen molar-refractivity contribution in [1.29, 1.82) is 0 Å². The summed E-state index contributed by atoms with van der Waals surface area (Å²) >= 11 is 23.9. The van der Waals surface area contributed by atoms with E-state index in [9.17, 15) is 0 Å². The number of hydrogen-bond acceptors (Lipinski definition) is 8. The Balaban J connectivity index is 3.86. The monoisotopic (exact) mass is 482 g/mol. The quantitative estimate of drug-likeness (QED) is 0.126. The highest BCUT2D eigenvalue weighted by molar-refractivity contribution is 8.11. The lowest BCUT2D eigenvalue weighted by Crippen LogP contribution is -2.14. The minimum Gasteiger partial charge on any atom is -0.175 e. The van der Waals surface area contributed by atoms with Gasteiger partial charge in [-0.25, -0.2) is 0 Å². The summed E-state index contributed by atoms with van der Waals surface area (Å²) in [7, 11) is 0. The third-order valence-corrected chi connectivity index (χ3v) is 11.6. The summed E-state index contributed by atoms with van der Waals surface area (Å²) in [6.07, 6.45) is 1.15. The van der Waals surface area contributed by atoms with Gasteiger partial charge in [-0.3, -0.25) is 0 Å². The molecule has 8 heteroatoms. The number of rotatable bonds is 17. The molecule has 0 radical (unpaired) electrons. The highest BCUT2D eigenvalue weighted by Crippen LogP contribution is 2.27. The van der Waals surface area contributed by atoms with Gasteiger partial charge in [0.15, 0.2) is 0 Å².